The van der Waals surface area contributed by atoms with Crippen LogP contribution in [0.15, 0.2) is 0 Å². The van der Waals surface area contributed by atoms with Crippen molar-refractivity contribution in [2.75, 3.05) is 20.3 Å². The van der Waals surface area contributed by atoms with Crippen molar-refractivity contribution in [2.24, 2.45) is 0 Å². The summed E-state index contributed by atoms with van der Waals surface area (Å²) in [7, 11) is 1.28. The van der Waals surface area contributed by atoms with Crippen molar-refractivity contribution in [1.82, 2.24) is 4.67 Å². The molecule has 2 atom stereocenters. The third-order valence-corrected chi connectivity index (χ3v) is 5.04. The van der Waals surface area contributed by atoms with Crippen LogP contribution in [0.5, 0.6) is 0 Å². The van der Waals surface area contributed by atoms with Crippen molar-refractivity contribution in [3.05, 3.63) is 0 Å². The highest BCUT2D eigenvalue weighted by atomic mass is 32.5. The van der Waals surface area contributed by atoms with E-state index in [0.717, 1.165) is 6.42 Å². The van der Waals surface area contributed by atoms with Crippen LogP contribution in [-0.4, -0.2) is 36.9 Å². The minimum Gasteiger partial charge on any atom is -0.789 e. The van der Waals surface area contributed by atoms with Crippen LogP contribution in [0.2, 0.25) is 0 Å². The summed E-state index contributed by atoms with van der Waals surface area (Å²) in [4.78, 5) is 23.6. The normalized spacial score (nSPS) is 23.9. The Labute approximate surface area is 105 Å². The summed E-state index contributed by atoms with van der Waals surface area (Å²) in [6, 6.07) is 1.28. The molecule has 0 aromatic heterocycles. The molecule has 17 heavy (non-hydrogen) atoms. The first kappa shape index (κ1) is 14.6. The lowest BCUT2D eigenvalue weighted by Crippen LogP contribution is -2.38. The maximum Gasteiger partial charge on any atom is 0.323 e. The van der Waals surface area contributed by atoms with Crippen LogP contribution < -0.4 is 4.89 Å². The number of carbonyl (C=O) groups is 1. The fourth-order valence-electron chi connectivity index (χ4n) is 1.70. The van der Waals surface area contributed by atoms with Gasteiger partial charge in [0.2, 0.25) is 0 Å². The average molecular weight is 277 g/mol. The molecule has 1 aliphatic heterocycles. The summed E-state index contributed by atoms with van der Waals surface area (Å²) in [5.74, 6) is -0.448. The van der Waals surface area contributed by atoms with Gasteiger partial charge in [-0.25, -0.2) is 0 Å². The van der Waals surface area contributed by atoms with E-state index >= 15 is 0 Å². The highest BCUT2D eigenvalue weighted by Gasteiger charge is 2.35. The second kappa shape index (κ2) is 6.43. The average Bonchev–Trinajstić information content (AvgIpc) is 2.78. The number of methoxy groups -OCH3 is 1. The Kier molecular flexibility index (Phi) is 5.50. The Morgan fingerprint density at radius 1 is 1.76 bits per heavy atom. The van der Waals surface area contributed by atoms with Crippen LogP contribution in [0.25, 0.3) is 0 Å². The van der Waals surface area contributed by atoms with Crippen molar-refractivity contribution >= 4 is 24.4 Å². The number of nitrogens with zero attached hydrogens (tertiary/aromatic N) is 2. The number of ether oxygens (including phenoxy) is 1. The standard InChI is InChI=1S/C9H15N2O4PS/c1-14-9(12)8-4-2-6-11(8)16(13,17)15-7-3-5-10/h8H,2-4,6-7H2,1H3,(H,13,17)/p-1. The van der Waals surface area contributed by atoms with E-state index in [1.807, 2.05) is 6.07 Å². The van der Waals surface area contributed by atoms with Gasteiger partial charge in [0.1, 0.15) is 6.04 Å². The van der Waals surface area contributed by atoms with Crippen LogP contribution in [-0.2, 0) is 25.9 Å². The summed E-state index contributed by atoms with van der Waals surface area (Å²) < 4.78 is 11.1. The van der Waals surface area contributed by atoms with E-state index in [2.05, 4.69) is 4.74 Å². The Balaban J connectivity index is 2.66. The molecule has 8 heteroatoms. The molecule has 0 N–H and O–H groups in total. The van der Waals surface area contributed by atoms with Gasteiger partial charge in [0.05, 0.1) is 32.8 Å². The van der Waals surface area contributed by atoms with E-state index in [-0.39, 0.29) is 13.0 Å². The second-order valence-corrected chi connectivity index (χ2v) is 6.65. The zero-order chi connectivity index (χ0) is 12.9. The van der Waals surface area contributed by atoms with Gasteiger partial charge in [-0.15, -0.1) is 0 Å². The first-order chi connectivity index (χ1) is 8.03. The van der Waals surface area contributed by atoms with E-state index in [1.54, 1.807) is 0 Å². The van der Waals surface area contributed by atoms with Crippen molar-refractivity contribution in [1.29, 1.82) is 5.26 Å². The maximum absolute atomic E-state index is 12.1. The number of rotatable bonds is 5. The van der Waals surface area contributed by atoms with Gasteiger partial charge in [-0.05, 0) is 12.8 Å². The molecular formula is C9H14N2O4PS-. The lowest BCUT2D eigenvalue weighted by Gasteiger charge is -2.39. The van der Waals surface area contributed by atoms with E-state index in [9.17, 15) is 9.69 Å². The lowest BCUT2D eigenvalue weighted by atomic mass is 10.2. The zero-order valence-electron chi connectivity index (χ0n) is 9.50. The fraction of sp³-hybridized carbons (Fsp3) is 0.778. The minimum atomic E-state index is -3.43. The topological polar surface area (TPSA) is 85.6 Å². The molecular weight excluding hydrogens is 263 g/mol. The molecule has 0 bridgehead atoms. The molecule has 96 valence electrons. The monoisotopic (exact) mass is 277 g/mol. The van der Waals surface area contributed by atoms with E-state index in [4.69, 9.17) is 21.6 Å². The highest BCUT2D eigenvalue weighted by molar-refractivity contribution is 8.07. The second-order valence-electron chi connectivity index (χ2n) is 3.55. The maximum atomic E-state index is 12.1. The molecule has 1 rings (SSSR count). The third-order valence-electron chi connectivity index (χ3n) is 2.48. The highest BCUT2D eigenvalue weighted by Crippen LogP contribution is 2.47. The van der Waals surface area contributed by atoms with Gasteiger partial charge in [-0.1, -0.05) is 11.8 Å². The summed E-state index contributed by atoms with van der Waals surface area (Å²) >= 11 is 4.90. The molecule has 0 aliphatic carbocycles. The van der Waals surface area contributed by atoms with Crippen molar-refractivity contribution in [3.8, 4) is 6.07 Å². The predicted octanol–water partition coefficient (Wildman–Crippen LogP) is 0.139. The summed E-state index contributed by atoms with van der Waals surface area (Å²) in [6.45, 7) is -2.96. The van der Waals surface area contributed by atoms with Crippen molar-refractivity contribution in [2.45, 2.75) is 25.3 Å². The summed E-state index contributed by atoms with van der Waals surface area (Å²) in [5.41, 5.74) is 0. The zero-order valence-corrected chi connectivity index (χ0v) is 11.2. The van der Waals surface area contributed by atoms with Gasteiger partial charge >= 0.3 is 5.97 Å². The van der Waals surface area contributed by atoms with Crippen molar-refractivity contribution < 1.29 is 18.9 Å². The van der Waals surface area contributed by atoms with Crippen LogP contribution in [0.4, 0.5) is 0 Å². The fourth-order valence-corrected chi connectivity index (χ4v) is 3.92. The van der Waals surface area contributed by atoms with Gasteiger partial charge in [-0.3, -0.25) is 9.46 Å². The Bertz CT molecular complexity index is 370. The lowest BCUT2D eigenvalue weighted by molar-refractivity contribution is -0.197. The van der Waals surface area contributed by atoms with E-state index < -0.39 is 18.7 Å². The largest absolute Gasteiger partial charge is 0.789 e. The SMILES string of the molecule is COC(=O)C1CCCN1P([O-])(=S)OCCC#N. The van der Waals surface area contributed by atoms with Gasteiger partial charge in [0, 0.05) is 6.54 Å². The van der Waals surface area contributed by atoms with Gasteiger partial charge < -0.3 is 14.2 Å². The number of esters is 1. The van der Waals surface area contributed by atoms with E-state index in [1.165, 1.54) is 11.8 Å². The number of hydrogen-bond acceptors (Lipinski definition) is 6. The molecule has 6 nitrogen and oxygen atoms in total. The van der Waals surface area contributed by atoms with Crippen molar-refractivity contribution in [3.63, 3.8) is 0 Å². The molecule has 0 aromatic carbocycles. The number of carbonyl (C=O) groups excluding carboxylic acids is 1. The molecule has 0 radical (unpaired) electrons. The molecule has 0 aromatic rings. The first-order valence-corrected chi connectivity index (χ1v) is 7.79. The predicted molar refractivity (Wildman–Crippen MR) is 62.2 cm³/mol. The van der Waals surface area contributed by atoms with Crippen LogP contribution in [0.1, 0.15) is 19.3 Å². The Morgan fingerprint density at radius 3 is 3.06 bits per heavy atom. The first-order valence-electron chi connectivity index (χ1n) is 5.20. The molecule has 0 amide bonds. The molecule has 1 heterocycles. The minimum absolute atomic E-state index is 0.0155. The molecule has 1 saturated heterocycles. The summed E-state index contributed by atoms with van der Waals surface area (Å²) in [6.07, 6.45) is 1.41. The van der Waals surface area contributed by atoms with E-state index in [0.29, 0.717) is 13.0 Å². The summed E-state index contributed by atoms with van der Waals surface area (Å²) in [5, 5.41) is 8.37. The molecule has 1 aliphatic rings. The number of hydrogen-bond donors (Lipinski definition) is 0. The molecule has 0 spiro atoms. The quantitative estimate of drug-likeness (QED) is 0.401. The molecule has 1 fully saturated rings. The molecule has 2 unspecified atom stereocenters. The van der Waals surface area contributed by atoms with Gasteiger partial charge in [0.25, 0.3) is 0 Å². The Hall–Kier alpha value is -0.510. The third kappa shape index (κ3) is 3.73. The van der Waals surface area contributed by atoms with Crippen LogP contribution >= 0.6 is 6.64 Å². The van der Waals surface area contributed by atoms with Gasteiger partial charge in [-0.2, -0.15) is 5.26 Å². The van der Waals surface area contributed by atoms with Gasteiger partial charge in [0.15, 0.2) is 0 Å². The van der Waals surface area contributed by atoms with Crippen LogP contribution in [0, 0.1) is 11.3 Å². The molecule has 0 saturated carbocycles. The Morgan fingerprint density at radius 2 is 2.47 bits per heavy atom. The number of nitriles is 1. The van der Waals surface area contributed by atoms with Crippen LogP contribution in [0.3, 0.4) is 0 Å². The smallest absolute Gasteiger partial charge is 0.323 e.